The van der Waals surface area contributed by atoms with E-state index in [0.29, 0.717) is 0 Å². The van der Waals surface area contributed by atoms with Gasteiger partial charge >= 0.3 is 19.8 Å². The van der Waals surface area contributed by atoms with E-state index in [4.69, 9.17) is 29.5 Å². The van der Waals surface area contributed by atoms with Crippen molar-refractivity contribution < 1.29 is 39.0 Å². The maximum Gasteiger partial charge on any atom is 0.466 e. The summed E-state index contributed by atoms with van der Waals surface area (Å²) < 4.78 is 8.88. The Kier molecular flexibility index (Phi) is 14.5. The first-order chi connectivity index (χ1) is 6.54. The molecule has 0 rings (SSSR count). The molecular weight excluding hydrogens is 231 g/mol. The molecule has 5 N–H and O–H groups in total. The van der Waals surface area contributed by atoms with Gasteiger partial charge in [0.15, 0.2) is 0 Å². The number of phosphoric acid groups is 1. The Labute approximate surface area is 86.4 Å². The zero-order valence-electron chi connectivity index (χ0n) is 8.32. The monoisotopic (exact) mass is 246 g/mol. The molecule has 0 unspecified atom stereocenters. The van der Waals surface area contributed by atoms with Crippen LogP contribution in [0.4, 0.5) is 0 Å². The molecule has 0 atom stereocenters. The van der Waals surface area contributed by atoms with Crippen LogP contribution in [0.1, 0.15) is 26.7 Å². The van der Waals surface area contributed by atoms with Gasteiger partial charge < -0.3 is 24.9 Å². The summed E-state index contributed by atoms with van der Waals surface area (Å²) in [7, 11) is -4.64. The molecule has 0 spiro atoms. The van der Waals surface area contributed by atoms with E-state index in [1.54, 1.807) is 13.8 Å². The van der Waals surface area contributed by atoms with Crippen molar-refractivity contribution >= 4 is 19.8 Å². The van der Waals surface area contributed by atoms with Gasteiger partial charge in [-0.05, 0) is 0 Å². The van der Waals surface area contributed by atoms with E-state index in [0.717, 1.165) is 0 Å². The Morgan fingerprint density at radius 2 is 1.00 bits per heavy atom. The average Bonchev–Trinajstić information content (AvgIpc) is 2.02. The molecule has 92 valence electrons. The van der Waals surface area contributed by atoms with Crippen LogP contribution in [0.25, 0.3) is 0 Å². The van der Waals surface area contributed by atoms with Gasteiger partial charge in [0.1, 0.15) is 0 Å². The third-order valence-electron chi connectivity index (χ3n) is 0.605. The molecule has 0 saturated heterocycles. The van der Waals surface area contributed by atoms with E-state index in [9.17, 15) is 9.59 Å². The van der Waals surface area contributed by atoms with Crippen molar-refractivity contribution in [3.63, 3.8) is 0 Å². The number of hydrogen-bond acceptors (Lipinski definition) is 3. The minimum absolute atomic E-state index is 0.222. The molecule has 8 nitrogen and oxygen atoms in total. The maximum absolute atomic E-state index is 9.37. The molecule has 0 bridgehead atoms. The van der Waals surface area contributed by atoms with Gasteiger partial charge in [0.05, 0.1) is 0 Å². The predicted molar refractivity (Wildman–Crippen MR) is 50.1 cm³/mol. The van der Waals surface area contributed by atoms with Crippen LogP contribution >= 0.6 is 7.82 Å². The molecule has 0 aromatic carbocycles. The van der Waals surface area contributed by atoms with Crippen LogP contribution in [-0.4, -0.2) is 36.8 Å². The van der Waals surface area contributed by atoms with E-state index in [1.807, 2.05) is 0 Å². The SMILES string of the molecule is CCC(=O)O.CCC(=O)O.O=P(O)(O)O. The van der Waals surface area contributed by atoms with E-state index >= 15 is 0 Å². The smallest absolute Gasteiger partial charge is 0.466 e. The van der Waals surface area contributed by atoms with Gasteiger partial charge in [0.2, 0.25) is 0 Å². The normalized spacial score (nSPS) is 8.87. The topological polar surface area (TPSA) is 152 Å². The highest BCUT2D eigenvalue weighted by Gasteiger charge is 2.00. The van der Waals surface area contributed by atoms with Crippen molar-refractivity contribution in [3.8, 4) is 0 Å². The van der Waals surface area contributed by atoms with Crippen molar-refractivity contribution in [2.75, 3.05) is 0 Å². The zero-order chi connectivity index (χ0) is 13.1. The van der Waals surface area contributed by atoms with Gasteiger partial charge in [-0.15, -0.1) is 0 Å². The minimum atomic E-state index is -4.64. The fourth-order valence-electron chi connectivity index (χ4n) is 0. The molecule has 0 aromatic rings. The second-order valence-electron chi connectivity index (χ2n) is 2.01. The highest BCUT2D eigenvalue weighted by atomic mass is 31.2. The van der Waals surface area contributed by atoms with Crippen LogP contribution in [-0.2, 0) is 14.2 Å². The first-order valence-electron chi connectivity index (χ1n) is 3.76. The Bertz CT molecular complexity index is 197. The summed E-state index contributed by atoms with van der Waals surface area (Å²) in [4.78, 5) is 40.3. The van der Waals surface area contributed by atoms with Gasteiger partial charge in [0.25, 0.3) is 0 Å². The molecule has 0 radical (unpaired) electrons. The Morgan fingerprint density at radius 1 is 0.933 bits per heavy atom. The third-order valence-corrected chi connectivity index (χ3v) is 0.605. The first kappa shape index (κ1) is 19.6. The Morgan fingerprint density at radius 3 is 1.00 bits per heavy atom. The largest absolute Gasteiger partial charge is 0.481 e. The zero-order valence-corrected chi connectivity index (χ0v) is 9.22. The van der Waals surface area contributed by atoms with Crippen molar-refractivity contribution in [3.05, 3.63) is 0 Å². The summed E-state index contributed by atoms with van der Waals surface area (Å²) in [6.07, 6.45) is 0.444. The van der Waals surface area contributed by atoms with Crippen LogP contribution in [0.2, 0.25) is 0 Å². The van der Waals surface area contributed by atoms with Crippen LogP contribution in [0.5, 0.6) is 0 Å². The lowest BCUT2D eigenvalue weighted by atomic mass is 10.5. The summed E-state index contributed by atoms with van der Waals surface area (Å²) in [5.74, 6) is -1.49. The molecular formula is C6H15O8P. The Balaban J connectivity index is -0.000000144. The summed E-state index contributed by atoms with van der Waals surface area (Å²) in [5, 5.41) is 15.4. The van der Waals surface area contributed by atoms with Crippen molar-refractivity contribution in [1.29, 1.82) is 0 Å². The highest BCUT2D eigenvalue weighted by Crippen LogP contribution is 2.25. The van der Waals surface area contributed by atoms with E-state index < -0.39 is 19.8 Å². The second-order valence-corrected chi connectivity index (χ2v) is 3.03. The van der Waals surface area contributed by atoms with Gasteiger partial charge in [-0.25, -0.2) is 4.57 Å². The number of aliphatic carboxylic acids is 2. The lowest BCUT2D eigenvalue weighted by Crippen LogP contribution is -1.86. The number of carboxylic acid groups (broad SMARTS) is 2. The summed E-state index contributed by atoms with van der Waals surface area (Å²) in [5.41, 5.74) is 0. The van der Waals surface area contributed by atoms with E-state index in [1.165, 1.54) is 0 Å². The standard InChI is InChI=1S/2C3H6O2.H3O4P/c2*1-2-3(4)5;1-5(2,3)4/h2*2H2,1H3,(H,4,5);(H3,1,2,3,4). The molecule has 9 heteroatoms. The molecule has 15 heavy (non-hydrogen) atoms. The van der Waals surface area contributed by atoms with Crippen molar-refractivity contribution in [2.45, 2.75) is 26.7 Å². The fourth-order valence-corrected chi connectivity index (χ4v) is 0. The molecule has 0 aliphatic carbocycles. The highest BCUT2D eigenvalue weighted by molar-refractivity contribution is 7.45. The lowest BCUT2D eigenvalue weighted by molar-refractivity contribution is -0.137. The average molecular weight is 246 g/mol. The number of rotatable bonds is 2. The van der Waals surface area contributed by atoms with Crippen LogP contribution < -0.4 is 0 Å². The maximum atomic E-state index is 9.37. The lowest BCUT2D eigenvalue weighted by Gasteiger charge is -1.82. The van der Waals surface area contributed by atoms with Gasteiger partial charge in [-0.3, -0.25) is 9.59 Å². The van der Waals surface area contributed by atoms with Gasteiger partial charge in [0, 0.05) is 12.8 Å². The minimum Gasteiger partial charge on any atom is -0.481 e. The number of carboxylic acids is 2. The molecule has 0 heterocycles. The second kappa shape index (κ2) is 11.1. The van der Waals surface area contributed by atoms with Crippen molar-refractivity contribution in [1.82, 2.24) is 0 Å². The molecule has 0 saturated carbocycles. The summed E-state index contributed by atoms with van der Waals surface area (Å²) in [6, 6.07) is 0. The molecule has 0 fully saturated rings. The van der Waals surface area contributed by atoms with Crippen molar-refractivity contribution in [2.24, 2.45) is 0 Å². The van der Waals surface area contributed by atoms with E-state index in [2.05, 4.69) is 0 Å². The first-order valence-corrected chi connectivity index (χ1v) is 5.32. The van der Waals surface area contributed by atoms with E-state index in [-0.39, 0.29) is 12.8 Å². The molecule has 0 aliphatic heterocycles. The van der Waals surface area contributed by atoms with Crippen LogP contribution in [0.15, 0.2) is 0 Å². The summed E-state index contributed by atoms with van der Waals surface area (Å²) in [6.45, 7) is 3.20. The third kappa shape index (κ3) is 171. The fraction of sp³-hybridized carbons (Fsp3) is 0.667. The molecule has 0 amide bonds. The molecule has 0 aromatic heterocycles. The van der Waals surface area contributed by atoms with Gasteiger partial charge in [-0.2, -0.15) is 0 Å². The number of carbonyl (C=O) groups is 2. The summed E-state index contributed by atoms with van der Waals surface area (Å²) >= 11 is 0. The van der Waals surface area contributed by atoms with Crippen LogP contribution in [0, 0.1) is 0 Å². The van der Waals surface area contributed by atoms with Gasteiger partial charge in [-0.1, -0.05) is 13.8 Å². The molecule has 0 aliphatic rings. The number of hydrogen-bond donors (Lipinski definition) is 5. The van der Waals surface area contributed by atoms with Crippen LogP contribution in [0.3, 0.4) is 0 Å². The predicted octanol–water partition coefficient (Wildman–Crippen LogP) is 0.0334. The Hall–Kier alpha value is -0.950. The quantitative estimate of drug-likeness (QED) is 0.428.